The molecule has 0 saturated carbocycles. The van der Waals surface area contributed by atoms with Crippen LogP contribution < -0.4 is 9.47 Å². The van der Waals surface area contributed by atoms with Gasteiger partial charge < -0.3 is 9.47 Å². The third-order valence-electron chi connectivity index (χ3n) is 4.32. The minimum Gasteiger partial charge on any atom is -0.486 e. The first-order chi connectivity index (χ1) is 10.9. The third-order valence-corrected chi connectivity index (χ3v) is 5.26. The van der Waals surface area contributed by atoms with Crippen LogP contribution in [0.15, 0.2) is 29.8 Å². The van der Waals surface area contributed by atoms with Gasteiger partial charge >= 0.3 is 0 Å². The van der Waals surface area contributed by atoms with Gasteiger partial charge in [0, 0.05) is 30.6 Å². The van der Waals surface area contributed by atoms with Crippen molar-refractivity contribution in [3.63, 3.8) is 0 Å². The maximum absolute atomic E-state index is 5.68. The zero-order valence-corrected chi connectivity index (χ0v) is 13.3. The van der Waals surface area contributed by atoms with Crippen molar-refractivity contribution in [1.82, 2.24) is 9.88 Å². The summed E-state index contributed by atoms with van der Waals surface area (Å²) in [6.45, 7) is 4.52. The molecule has 0 radical (unpaired) electrons. The molecule has 2 aliphatic rings. The Bertz CT molecular complexity index is 630. The number of hydrogen-bond acceptors (Lipinski definition) is 5. The van der Waals surface area contributed by atoms with E-state index in [2.05, 4.69) is 27.4 Å². The van der Waals surface area contributed by atoms with Crippen molar-refractivity contribution in [1.29, 1.82) is 0 Å². The second-order valence-electron chi connectivity index (χ2n) is 5.92. The third kappa shape index (κ3) is 2.96. The summed E-state index contributed by atoms with van der Waals surface area (Å²) < 4.78 is 11.3. The van der Waals surface area contributed by atoms with E-state index in [1.54, 1.807) is 11.3 Å². The smallest absolute Gasteiger partial charge is 0.161 e. The molecule has 3 heterocycles. The predicted molar refractivity (Wildman–Crippen MR) is 86.8 cm³/mol. The van der Waals surface area contributed by atoms with E-state index < -0.39 is 0 Å². The van der Waals surface area contributed by atoms with Gasteiger partial charge in [0.15, 0.2) is 11.5 Å². The second kappa shape index (κ2) is 6.26. The van der Waals surface area contributed by atoms with Gasteiger partial charge in [-0.2, -0.15) is 0 Å². The fraction of sp³-hybridized carbons (Fsp3) is 0.471. The fourth-order valence-corrected chi connectivity index (χ4v) is 4.05. The summed E-state index contributed by atoms with van der Waals surface area (Å²) in [5, 5.41) is 3.36. The molecule has 116 valence electrons. The monoisotopic (exact) mass is 316 g/mol. The molecule has 0 unspecified atom stereocenters. The van der Waals surface area contributed by atoms with E-state index in [1.165, 1.54) is 23.4 Å². The summed E-state index contributed by atoms with van der Waals surface area (Å²) in [6.07, 6.45) is 4.42. The summed E-state index contributed by atoms with van der Waals surface area (Å²) in [5.41, 5.74) is 1.30. The molecule has 5 heteroatoms. The van der Waals surface area contributed by atoms with E-state index in [-0.39, 0.29) is 0 Å². The number of fused-ring (bicyclic) bond motifs is 1. The van der Waals surface area contributed by atoms with Crippen LogP contribution in [-0.4, -0.2) is 36.2 Å². The van der Waals surface area contributed by atoms with Crippen LogP contribution in [0, 0.1) is 0 Å². The molecule has 1 aromatic heterocycles. The van der Waals surface area contributed by atoms with Crippen molar-refractivity contribution in [3.05, 3.63) is 40.3 Å². The van der Waals surface area contributed by atoms with Crippen LogP contribution >= 0.6 is 11.3 Å². The molecule has 4 rings (SSSR count). The zero-order chi connectivity index (χ0) is 14.8. The van der Waals surface area contributed by atoms with Gasteiger partial charge in [0.1, 0.15) is 13.2 Å². The molecule has 2 aromatic rings. The predicted octanol–water partition coefficient (Wildman–Crippen LogP) is 3.29. The van der Waals surface area contributed by atoms with Gasteiger partial charge in [-0.3, -0.25) is 4.90 Å². The SMILES string of the molecule is c1csc([C@H]2CCCN(Cc3ccc4c(c3)OCCO4)C2)n1. The summed E-state index contributed by atoms with van der Waals surface area (Å²) in [7, 11) is 0. The highest BCUT2D eigenvalue weighted by atomic mass is 32.1. The van der Waals surface area contributed by atoms with E-state index in [1.807, 2.05) is 12.3 Å². The van der Waals surface area contributed by atoms with E-state index in [0.29, 0.717) is 19.1 Å². The van der Waals surface area contributed by atoms with E-state index in [4.69, 9.17) is 9.47 Å². The Morgan fingerprint density at radius 3 is 3.00 bits per heavy atom. The topological polar surface area (TPSA) is 34.6 Å². The average Bonchev–Trinajstić information content (AvgIpc) is 3.10. The van der Waals surface area contributed by atoms with E-state index in [0.717, 1.165) is 31.1 Å². The maximum atomic E-state index is 5.68. The van der Waals surface area contributed by atoms with Crippen molar-refractivity contribution in [2.24, 2.45) is 0 Å². The molecule has 0 spiro atoms. The molecule has 0 aliphatic carbocycles. The lowest BCUT2D eigenvalue weighted by molar-refractivity contribution is 0.170. The van der Waals surface area contributed by atoms with Crippen molar-refractivity contribution >= 4 is 11.3 Å². The lowest BCUT2D eigenvalue weighted by Gasteiger charge is -2.32. The van der Waals surface area contributed by atoms with Crippen molar-refractivity contribution in [2.75, 3.05) is 26.3 Å². The van der Waals surface area contributed by atoms with E-state index in [9.17, 15) is 0 Å². The minimum atomic E-state index is 0.589. The molecule has 22 heavy (non-hydrogen) atoms. The van der Waals surface area contributed by atoms with Crippen LogP contribution in [-0.2, 0) is 6.54 Å². The highest BCUT2D eigenvalue weighted by Crippen LogP contribution is 2.32. The zero-order valence-electron chi connectivity index (χ0n) is 12.5. The van der Waals surface area contributed by atoms with Gasteiger partial charge in [-0.15, -0.1) is 11.3 Å². The second-order valence-corrected chi connectivity index (χ2v) is 6.85. The first-order valence-corrected chi connectivity index (χ1v) is 8.77. The molecule has 1 atom stereocenters. The maximum Gasteiger partial charge on any atom is 0.161 e. The summed E-state index contributed by atoms with van der Waals surface area (Å²) in [6, 6.07) is 6.31. The number of nitrogens with zero attached hydrogens (tertiary/aromatic N) is 2. The van der Waals surface area contributed by atoms with Crippen molar-refractivity contribution in [3.8, 4) is 11.5 Å². The number of benzene rings is 1. The standard InChI is InChI=1S/C17H20N2O2S/c1-2-14(17-18-5-9-22-17)12-19(6-1)11-13-3-4-15-16(10-13)21-8-7-20-15/h3-5,9-10,14H,1-2,6-8,11-12H2/t14-/m0/s1. The molecular formula is C17H20N2O2S. The van der Waals surface area contributed by atoms with Crippen LogP contribution in [0.25, 0.3) is 0 Å². The highest BCUT2D eigenvalue weighted by molar-refractivity contribution is 7.09. The van der Waals surface area contributed by atoms with Crippen LogP contribution in [0.5, 0.6) is 11.5 Å². The summed E-state index contributed by atoms with van der Waals surface area (Å²) in [4.78, 5) is 7.02. The largest absolute Gasteiger partial charge is 0.486 e. The Labute approximate surface area is 134 Å². The summed E-state index contributed by atoms with van der Waals surface area (Å²) in [5.74, 6) is 2.34. The first kappa shape index (κ1) is 14.0. The van der Waals surface area contributed by atoms with Gasteiger partial charge in [0.2, 0.25) is 0 Å². The molecule has 0 bridgehead atoms. The molecule has 1 aromatic carbocycles. The number of likely N-dealkylation sites (tertiary alicyclic amines) is 1. The first-order valence-electron chi connectivity index (χ1n) is 7.89. The van der Waals surface area contributed by atoms with Crippen molar-refractivity contribution in [2.45, 2.75) is 25.3 Å². The Hall–Kier alpha value is -1.59. The Kier molecular flexibility index (Phi) is 3.99. The normalized spacial score (nSPS) is 21.7. The van der Waals surface area contributed by atoms with Gasteiger partial charge in [-0.05, 0) is 37.1 Å². The fourth-order valence-electron chi connectivity index (χ4n) is 3.28. The lowest BCUT2D eigenvalue weighted by atomic mass is 9.98. The number of piperidine rings is 1. The molecule has 0 amide bonds. The summed E-state index contributed by atoms with van der Waals surface area (Å²) >= 11 is 1.78. The van der Waals surface area contributed by atoms with Gasteiger partial charge in [0.25, 0.3) is 0 Å². The Morgan fingerprint density at radius 1 is 1.23 bits per heavy atom. The number of ether oxygens (including phenoxy) is 2. The van der Waals surface area contributed by atoms with Crippen LogP contribution in [0.1, 0.15) is 29.3 Å². The molecular weight excluding hydrogens is 296 g/mol. The van der Waals surface area contributed by atoms with Gasteiger partial charge in [-0.1, -0.05) is 6.07 Å². The Balaban J connectivity index is 1.44. The van der Waals surface area contributed by atoms with Crippen molar-refractivity contribution < 1.29 is 9.47 Å². The van der Waals surface area contributed by atoms with Crippen LogP contribution in [0.2, 0.25) is 0 Å². The minimum absolute atomic E-state index is 0.589. The average molecular weight is 316 g/mol. The molecule has 2 aliphatic heterocycles. The molecule has 0 N–H and O–H groups in total. The number of hydrogen-bond donors (Lipinski definition) is 0. The highest BCUT2D eigenvalue weighted by Gasteiger charge is 2.23. The lowest BCUT2D eigenvalue weighted by Crippen LogP contribution is -2.33. The molecule has 1 fully saturated rings. The quantitative estimate of drug-likeness (QED) is 0.870. The molecule has 1 saturated heterocycles. The van der Waals surface area contributed by atoms with Gasteiger partial charge in [-0.25, -0.2) is 4.98 Å². The number of aromatic nitrogens is 1. The van der Waals surface area contributed by atoms with Crippen LogP contribution in [0.4, 0.5) is 0 Å². The number of rotatable bonds is 3. The number of thiazole rings is 1. The molecule has 4 nitrogen and oxygen atoms in total. The van der Waals surface area contributed by atoms with Gasteiger partial charge in [0.05, 0.1) is 5.01 Å². The van der Waals surface area contributed by atoms with Crippen LogP contribution in [0.3, 0.4) is 0 Å². The Morgan fingerprint density at radius 2 is 2.14 bits per heavy atom. The van der Waals surface area contributed by atoms with E-state index >= 15 is 0 Å².